The van der Waals surface area contributed by atoms with Crippen LogP contribution in [0.2, 0.25) is 0 Å². The molecule has 7 aromatic rings. The van der Waals surface area contributed by atoms with Crippen LogP contribution in [0.25, 0.3) is 64.7 Å². The molecule has 0 amide bonds. The van der Waals surface area contributed by atoms with E-state index in [2.05, 4.69) is 133 Å². The van der Waals surface area contributed by atoms with E-state index >= 15 is 0 Å². The fourth-order valence-corrected chi connectivity index (χ4v) is 7.02. The summed E-state index contributed by atoms with van der Waals surface area (Å²) in [6.45, 7) is 0. The van der Waals surface area contributed by atoms with E-state index in [1.165, 1.54) is 54.6 Å². The molecule has 1 heterocycles. The summed E-state index contributed by atoms with van der Waals surface area (Å²) in [5.74, 6) is 0. The minimum Gasteiger partial charge on any atom is -0.192 e. The van der Waals surface area contributed by atoms with Crippen molar-refractivity contribution in [2.45, 2.75) is 0 Å². The van der Waals surface area contributed by atoms with Gasteiger partial charge in [-0.25, -0.2) is 0 Å². The highest BCUT2D eigenvalue weighted by molar-refractivity contribution is 7.26. The Bertz CT molecular complexity index is 1980. The maximum atomic E-state index is 10.1. The quantitative estimate of drug-likeness (QED) is 0.230. The molecule has 0 unspecified atom stereocenters. The summed E-state index contributed by atoms with van der Waals surface area (Å²) >= 11 is 1.73. The second kappa shape index (κ2) is 9.72. The third-order valence-electron chi connectivity index (χ3n) is 7.31. The Morgan fingerprint density at radius 1 is 0.410 bits per heavy atom. The Morgan fingerprint density at radius 2 is 0.846 bits per heavy atom. The highest BCUT2D eigenvalue weighted by Crippen LogP contribution is 2.55. The van der Waals surface area contributed by atoms with Gasteiger partial charge >= 0.3 is 0 Å². The molecule has 0 saturated heterocycles. The van der Waals surface area contributed by atoms with Crippen molar-refractivity contribution in [1.29, 1.82) is 5.26 Å². The van der Waals surface area contributed by atoms with E-state index in [0.717, 1.165) is 10.1 Å². The number of thiophene rings is 1. The smallest absolute Gasteiger partial charge is 0.101 e. The molecule has 0 radical (unpaired) electrons. The molecule has 6 aromatic carbocycles. The maximum Gasteiger partial charge on any atom is 0.101 e. The molecule has 39 heavy (non-hydrogen) atoms. The van der Waals surface area contributed by atoms with E-state index in [-0.39, 0.29) is 0 Å². The van der Waals surface area contributed by atoms with Gasteiger partial charge in [-0.1, -0.05) is 133 Å². The summed E-state index contributed by atoms with van der Waals surface area (Å²) in [4.78, 5) is 0. The number of nitriles is 1. The second-order valence-electron chi connectivity index (χ2n) is 9.56. The first kappa shape index (κ1) is 23.2. The van der Waals surface area contributed by atoms with Gasteiger partial charge < -0.3 is 0 Å². The SMILES string of the molecule is N#Cc1cccc2c1sc1c(-c3ccccc3)c(-c3ccccc3)c(-c3ccccc3)c(-c3ccccc3)c12. The van der Waals surface area contributed by atoms with Crippen LogP contribution in [0.1, 0.15) is 5.56 Å². The van der Waals surface area contributed by atoms with Crippen LogP contribution in [0, 0.1) is 11.3 Å². The monoisotopic (exact) mass is 513 g/mol. The number of benzene rings is 6. The first-order valence-corrected chi connectivity index (χ1v) is 13.8. The molecular formula is C37H23NS. The molecule has 0 aliphatic heterocycles. The molecule has 0 saturated carbocycles. The van der Waals surface area contributed by atoms with Crippen LogP contribution < -0.4 is 0 Å². The zero-order valence-electron chi connectivity index (χ0n) is 21.1. The molecular weight excluding hydrogens is 490 g/mol. The van der Waals surface area contributed by atoms with E-state index in [9.17, 15) is 5.26 Å². The first-order valence-electron chi connectivity index (χ1n) is 13.0. The van der Waals surface area contributed by atoms with Gasteiger partial charge in [0.05, 0.1) is 10.3 Å². The summed E-state index contributed by atoms with van der Waals surface area (Å²) in [6.07, 6.45) is 0. The lowest BCUT2D eigenvalue weighted by Crippen LogP contribution is -1.96. The Kier molecular flexibility index (Phi) is 5.78. The number of fused-ring (bicyclic) bond motifs is 3. The van der Waals surface area contributed by atoms with Gasteiger partial charge in [-0.15, -0.1) is 11.3 Å². The minimum absolute atomic E-state index is 0.717. The Balaban J connectivity index is 1.83. The van der Waals surface area contributed by atoms with Crippen LogP contribution in [0.5, 0.6) is 0 Å². The lowest BCUT2D eigenvalue weighted by atomic mass is 9.80. The van der Waals surface area contributed by atoms with E-state index < -0.39 is 0 Å². The third kappa shape index (κ3) is 3.84. The Labute approximate surface area is 231 Å². The van der Waals surface area contributed by atoms with Crippen LogP contribution in [-0.2, 0) is 0 Å². The van der Waals surface area contributed by atoms with Crippen LogP contribution in [0.15, 0.2) is 140 Å². The number of nitrogens with zero attached hydrogens (tertiary/aromatic N) is 1. The van der Waals surface area contributed by atoms with E-state index in [1.807, 2.05) is 12.1 Å². The van der Waals surface area contributed by atoms with Gasteiger partial charge in [-0.05, 0) is 45.0 Å². The number of hydrogen-bond donors (Lipinski definition) is 0. The fraction of sp³-hybridized carbons (Fsp3) is 0. The van der Waals surface area contributed by atoms with Gasteiger partial charge in [-0.2, -0.15) is 5.26 Å². The molecule has 0 N–H and O–H groups in total. The molecule has 1 nitrogen and oxygen atoms in total. The summed E-state index contributed by atoms with van der Waals surface area (Å²) in [5.41, 5.74) is 10.2. The van der Waals surface area contributed by atoms with E-state index in [0.29, 0.717) is 5.56 Å². The molecule has 182 valence electrons. The third-order valence-corrected chi connectivity index (χ3v) is 8.57. The molecule has 0 spiro atoms. The molecule has 0 atom stereocenters. The second-order valence-corrected chi connectivity index (χ2v) is 10.6. The van der Waals surface area contributed by atoms with Crippen molar-refractivity contribution < 1.29 is 0 Å². The van der Waals surface area contributed by atoms with Gasteiger partial charge in [0.1, 0.15) is 6.07 Å². The van der Waals surface area contributed by atoms with E-state index in [1.54, 1.807) is 11.3 Å². The van der Waals surface area contributed by atoms with Crippen molar-refractivity contribution in [1.82, 2.24) is 0 Å². The predicted octanol–water partition coefficient (Wildman–Crippen LogP) is 10.6. The summed E-state index contributed by atoms with van der Waals surface area (Å²) < 4.78 is 2.24. The predicted molar refractivity (Wildman–Crippen MR) is 166 cm³/mol. The van der Waals surface area contributed by atoms with Gasteiger partial charge in [0.2, 0.25) is 0 Å². The van der Waals surface area contributed by atoms with Gasteiger partial charge in [0, 0.05) is 21.0 Å². The van der Waals surface area contributed by atoms with Crippen molar-refractivity contribution in [2.24, 2.45) is 0 Å². The van der Waals surface area contributed by atoms with Crippen LogP contribution in [0.4, 0.5) is 0 Å². The summed E-state index contributed by atoms with van der Waals surface area (Å²) in [6, 6.07) is 51.4. The average molecular weight is 514 g/mol. The van der Waals surface area contributed by atoms with Gasteiger partial charge in [0.25, 0.3) is 0 Å². The maximum absolute atomic E-state index is 10.1. The fourth-order valence-electron chi connectivity index (χ4n) is 5.68. The van der Waals surface area contributed by atoms with Crippen molar-refractivity contribution >= 4 is 31.5 Å². The van der Waals surface area contributed by atoms with Crippen molar-refractivity contribution in [3.05, 3.63) is 145 Å². The minimum atomic E-state index is 0.717. The molecule has 2 heteroatoms. The lowest BCUT2D eigenvalue weighted by molar-refractivity contribution is 1.51. The number of rotatable bonds is 4. The van der Waals surface area contributed by atoms with Gasteiger partial charge in [0.15, 0.2) is 0 Å². The summed E-state index contributed by atoms with van der Waals surface area (Å²) in [5, 5.41) is 12.4. The standard InChI is InChI=1S/C37H23NS/c38-24-29-22-13-23-30-35-33(27-18-9-3-10-19-27)31(25-14-5-1-6-15-25)32(26-16-7-2-8-17-26)34(37(35)39-36(29)30)28-20-11-4-12-21-28/h1-23H. The molecule has 0 bridgehead atoms. The largest absolute Gasteiger partial charge is 0.192 e. The summed E-state index contributed by atoms with van der Waals surface area (Å²) in [7, 11) is 0. The zero-order chi connectivity index (χ0) is 26.2. The zero-order valence-corrected chi connectivity index (χ0v) is 22.0. The van der Waals surface area contributed by atoms with Gasteiger partial charge in [-0.3, -0.25) is 0 Å². The average Bonchev–Trinajstić information content (AvgIpc) is 3.41. The molecule has 1 aromatic heterocycles. The topological polar surface area (TPSA) is 23.8 Å². The van der Waals surface area contributed by atoms with E-state index in [4.69, 9.17) is 0 Å². The van der Waals surface area contributed by atoms with Crippen molar-refractivity contribution in [3.8, 4) is 50.6 Å². The van der Waals surface area contributed by atoms with Crippen LogP contribution in [0.3, 0.4) is 0 Å². The molecule has 7 rings (SSSR count). The molecule has 0 aliphatic carbocycles. The van der Waals surface area contributed by atoms with Crippen LogP contribution in [-0.4, -0.2) is 0 Å². The Hall–Kier alpha value is -4.97. The lowest BCUT2D eigenvalue weighted by Gasteiger charge is -2.23. The molecule has 0 aliphatic rings. The highest BCUT2D eigenvalue weighted by Gasteiger charge is 2.26. The van der Waals surface area contributed by atoms with Crippen molar-refractivity contribution in [3.63, 3.8) is 0 Å². The normalized spacial score (nSPS) is 11.1. The highest BCUT2D eigenvalue weighted by atomic mass is 32.1. The first-order chi connectivity index (χ1) is 19.3. The van der Waals surface area contributed by atoms with Crippen molar-refractivity contribution in [2.75, 3.05) is 0 Å². The molecule has 0 fully saturated rings. The van der Waals surface area contributed by atoms with Crippen LogP contribution >= 0.6 is 11.3 Å². The number of hydrogen-bond acceptors (Lipinski definition) is 2. The Morgan fingerprint density at radius 3 is 1.33 bits per heavy atom.